The summed E-state index contributed by atoms with van der Waals surface area (Å²) in [7, 11) is 0. The van der Waals surface area contributed by atoms with Crippen molar-refractivity contribution >= 4 is 45.0 Å². The average Bonchev–Trinajstić information content (AvgIpc) is 2.81. The van der Waals surface area contributed by atoms with Crippen molar-refractivity contribution in [1.82, 2.24) is 0 Å². The Labute approximate surface area is 202 Å². The van der Waals surface area contributed by atoms with Crippen LogP contribution in [0.3, 0.4) is 0 Å². The molecule has 0 spiro atoms. The van der Waals surface area contributed by atoms with E-state index >= 15 is 0 Å². The number of rotatable bonds is 8. The number of hydrogen-bond donors (Lipinski definition) is 0. The van der Waals surface area contributed by atoms with Gasteiger partial charge < -0.3 is 29.3 Å². The number of carboxylic acid groups (broad SMARTS) is 2. The van der Waals surface area contributed by atoms with Crippen molar-refractivity contribution in [2.75, 3.05) is 0 Å². The van der Waals surface area contributed by atoms with E-state index in [0.717, 1.165) is 23.3 Å². The second-order valence-electron chi connectivity index (χ2n) is 5.99. The van der Waals surface area contributed by atoms with E-state index in [0.29, 0.717) is 12.2 Å². The molecule has 0 aliphatic heterocycles. The summed E-state index contributed by atoms with van der Waals surface area (Å²) in [6, 6.07) is 18.2. The van der Waals surface area contributed by atoms with Crippen LogP contribution in [0.5, 0.6) is 0 Å². The molecule has 2 aromatic rings. The van der Waals surface area contributed by atoms with Gasteiger partial charge in [-0.3, -0.25) is 0 Å². The number of hydrogen-bond acceptors (Lipinski definition) is 8. The molecule has 0 saturated carbocycles. The second kappa shape index (κ2) is 19.3. The minimum absolute atomic E-state index is 0.122. The Morgan fingerprint density at radius 3 is 1.24 bits per heavy atom. The first kappa shape index (κ1) is 29.6. The molecule has 0 N–H and O–H groups in total. The molecule has 0 aliphatic rings. The second-order valence-corrected chi connectivity index (χ2v) is 8.85. The molecule has 0 aromatic heterocycles. The third-order valence-electron chi connectivity index (χ3n) is 3.16. The first-order valence-corrected chi connectivity index (χ1v) is 15.3. The quantitative estimate of drug-likeness (QED) is 0.265. The number of esters is 2. The molecule has 0 bridgehead atoms. The van der Waals surface area contributed by atoms with Gasteiger partial charge in [-0.15, -0.1) is 0 Å². The van der Waals surface area contributed by atoms with E-state index in [1.165, 1.54) is 0 Å². The van der Waals surface area contributed by atoms with Crippen LogP contribution in [0, 0.1) is 0 Å². The van der Waals surface area contributed by atoms with Crippen LogP contribution in [0.15, 0.2) is 85.0 Å². The van der Waals surface area contributed by atoms with E-state index in [4.69, 9.17) is 9.47 Å². The molecule has 0 fully saturated rings. The predicted octanol–water partition coefficient (Wildman–Crippen LogP) is 0.859. The van der Waals surface area contributed by atoms with E-state index in [1.807, 2.05) is 36.4 Å². The molecule has 0 amide bonds. The summed E-state index contributed by atoms with van der Waals surface area (Å²) >= 11 is 0.230. The van der Waals surface area contributed by atoms with Gasteiger partial charge in [0, 0.05) is 12.2 Å². The third-order valence-corrected chi connectivity index (χ3v) is 3.16. The van der Waals surface area contributed by atoms with Crippen molar-refractivity contribution in [3.63, 3.8) is 0 Å². The van der Waals surface area contributed by atoms with E-state index in [-0.39, 0.29) is 34.4 Å². The van der Waals surface area contributed by atoms with Crippen LogP contribution in [-0.4, -0.2) is 45.0 Å². The molecule has 0 radical (unpaired) electrons. The summed E-state index contributed by atoms with van der Waals surface area (Å²) in [6.45, 7) is 0.244. The van der Waals surface area contributed by atoms with Crippen LogP contribution < -0.4 is 10.2 Å². The molecule has 2 aromatic carbocycles. The van der Waals surface area contributed by atoms with Gasteiger partial charge in [-0.1, -0.05) is 60.7 Å². The van der Waals surface area contributed by atoms with Crippen molar-refractivity contribution in [2.45, 2.75) is 23.1 Å². The van der Waals surface area contributed by atoms with Crippen molar-refractivity contribution in [3.05, 3.63) is 96.1 Å². The Hall–Kier alpha value is -3.40. The molecular weight excluding hydrogens is 535 g/mol. The number of aliphatic carboxylic acids is 2. The van der Waals surface area contributed by atoms with Crippen LogP contribution in [0.4, 0.5) is 0 Å². The molecule has 8 nitrogen and oxygen atoms in total. The summed E-state index contributed by atoms with van der Waals surface area (Å²) in [5.74, 6) is -4.26. The number of benzene rings is 2. The van der Waals surface area contributed by atoms with Crippen LogP contribution in [0.2, 0.25) is 9.88 Å². The SMILES string of the molecule is O=C([O-])/C=C\C(=O)OCc1ccccc1.O=C([O-])/C=C\C(=O)OCc1ccccc1.[CH3][Sn+2][CH3]. The first-order chi connectivity index (χ1) is 15.8. The molecule has 172 valence electrons. The Morgan fingerprint density at radius 2 is 0.970 bits per heavy atom. The van der Waals surface area contributed by atoms with Gasteiger partial charge in [0.15, 0.2) is 0 Å². The van der Waals surface area contributed by atoms with Gasteiger partial charge >= 0.3 is 43.0 Å². The summed E-state index contributed by atoms with van der Waals surface area (Å²) in [6.07, 6.45) is 2.90. The van der Waals surface area contributed by atoms with Crippen molar-refractivity contribution in [2.24, 2.45) is 0 Å². The molecule has 0 atom stereocenters. The van der Waals surface area contributed by atoms with Crippen molar-refractivity contribution in [3.8, 4) is 0 Å². The molecule has 9 heteroatoms. The monoisotopic (exact) mass is 560 g/mol. The molecule has 0 unspecified atom stereocenters. The Balaban J connectivity index is 0.000000555. The van der Waals surface area contributed by atoms with Gasteiger partial charge in [-0.2, -0.15) is 0 Å². The molecule has 33 heavy (non-hydrogen) atoms. The van der Waals surface area contributed by atoms with E-state index in [9.17, 15) is 29.4 Å². The van der Waals surface area contributed by atoms with E-state index in [2.05, 4.69) is 9.88 Å². The van der Waals surface area contributed by atoms with Crippen LogP contribution in [0.1, 0.15) is 11.1 Å². The molecule has 0 heterocycles. The number of carbonyl (C=O) groups excluding carboxylic acids is 4. The summed E-state index contributed by atoms with van der Waals surface area (Å²) in [5.41, 5.74) is 1.68. The third kappa shape index (κ3) is 19.0. The first-order valence-electron chi connectivity index (χ1n) is 9.56. The maximum atomic E-state index is 10.9. The topological polar surface area (TPSA) is 133 Å². The molecule has 2 rings (SSSR count). The van der Waals surface area contributed by atoms with Gasteiger partial charge in [-0.05, 0) is 23.3 Å². The fourth-order valence-electron chi connectivity index (χ4n) is 1.83. The molecular formula is C24H24O8Sn. The van der Waals surface area contributed by atoms with E-state index in [1.54, 1.807) is 24.3 Å². The van der Waals surface area contributed by atoms with Gasteiger partial charge in [-0.25, -0.2) is 9.59 Å². The van der Waals surface area contributed by atoms with Gasteiger partial charge in [0.05, 0.1) is 11.9 Å². The maximum absolute atomic E-state index is 10.9. The van der Waals surface area contributed by atoms with Crippen LogP contribution >= 0.6 is 0 Å². The van der Waals surface area contributed by atoms with Crippen LogP contribution in [0.25, 0.3) is 0 Å². The van der Waals surface area contributed by atoms with Crippen molar-refractivity contribution < 1.29 is 38.9 Å². The van der Waals surface area contributed by atoms with Gasteiger partial charge in [0.25, 0.3) is 0 Å². The minimum atomic E-state index is -1.42. The predicted molar refractivity (Wildman–Crippen MR) is 118 cm³/mol. The number of ether oxygens (including phenoxy) is 2. The van der Waals surface area contributed by atoms with Crippen molar-refractivity contribution in [1.29, 1.82) is 0 Å². The fourth-order valence-corrected chi connectivity index (χ4v) is 1.83. The average molecular weight is 559 g/mol. The summed E-state index contributed by atoms with van der Waals surface area (Å²) in [4.78, 5) is 46.4. The Morgan fingerprint density at radius 1 is 0.667 bits per heavy atom. The van der Waals surface area contributed by atoms with Crippen LogP contribution in [-0.2, 0) is 41.9 Å². The zero-order valence-corrected chi connectivity index (χ0v) is 21.1. The zero-order valence-electron chi connectivity index (χ0n) is 18.3. The van der Waals surface area contributed by atoms with Gasteiger partial charge in [0.1, 0.15) is 13.2 Å². The summed E-state index contributed by atoms with van der Waals surface area (Å²) in [5, 5.41) is 19.9. The van der Waals surface area contributed by atoms with E-state index < -0.39 is 23.9 Å². The van der Waals surface area contributed by atoms with Gasteiger partial charge in [0.2, 0.25) is 0 Å². The normalized spacial score (nSPS) is 9.52. The fraction of sp³-hybridized carbons (Fsp3) is 0.167. The summed E-state index contributed by atoms with van der Waals surface area (Å²) < 4.78 is 9.52. The Kier molecular flexibility index (Phi) is 17.3. The standard InChI is InChI=1S/2C11H10O4.2CH3.Sn/c2*12-10(13)6-7-11(14)15-8-9-4-2-1-3-5-9;;;/h2*1-7H,8H2,(H,12,13);2*1H3;/q;;;;+2/p-2/b2*7-6-;;;. The molecule has 0 aliphatic carbocycles. The number of carboxylic acids is 2. The Bertz CT molecular complexity index is 833. The number of carbonyl (C=O) groups is 4. The zero-order chi connectivity index (χ0) is 24.9. The molecule has 0 saturated heterocycles.